The second-order valence-corrected chi connectivity index (χ2v) is 6.25. The first-order chi connectivity index (χ1) is 8.88. The van der Waals surface area contributed by atoms with E-state index in [2.05, 4.69) is 14.7 Å². The van der Waals surface area contributed by atoms with Crippen molar-refractivity contribution in [3.8, 4) is 0 Å². The Morgan fingerprint density at radius 3 is 2.37 bits per heavy atom. The van der Waals surface area contributed by atoms with Crippen LogP contribution in [0.4, 0.5) is 5.69 Å². The van der Waals surface area contributed by atoms with E-state index in [9.17, 15) is 8.42 Å². The smallest absolute Gasteiger partial charge is 0.263 e. The van der Waals surface area contributed by atoms with Crippen LogP contribution in [0.1, 0.15) is 0 Å². The van der Waals surface area contributed by atoms with Crippen LogP contribution in [0, 0.1) is 0 Å². The summed E-state index contributed by atoms with van der Waals surface area (Å²) in [5, 5.41) is 0.353. The van der Waals surface area contributed by atoms with Crippen molar-refractivity contribution >= 4 is 50.5 Å². The van der Waals surface area contributed by atoms with Crippen molar-refractivity contribution in [1.29, 1.82) is 0 Å². The van der Waals surface area contributed by atoms with Crippen molar-refractivity contribution in [2.45, 2.75) is 4.90 Å². The number of halogens is 3. The van der Waals surface area contributed by atoms with Crippen LogP contribution in [-0.4, -0.2) is 18.4 Å². The predicted molar refractivity (Wildman–Crippen MR) is 74.3 cm³/mol. The molecule has 0 bridgehead atoms. The van der Waals surface area contributed by atoms with E-state index in [1.165, 1.54) is 24.4 Å². The van der Waals surface area contributed by atoms with E-state index < -0.39 is 10.0 Å². The van der Waals surface area contributed by atoms with Gasteiger partial charge in [-0.05, 0) is 18.2 Å². The van der Waals surface area contributed by atoms with E-state index in [0.717, 1.165) is 6.20 Å². The monoisotopic (exact) mass is 337 g/mol. The van der Waals surface area contributed by atoms with Gasteiger partial charge in [0.2, 0.25) is 0 Å². The van der Waals surface area contributed by atoms with E-state index >= 15 is 0 Å². The van der Waals surface area contributed by atoms with E-state index in [0.29, 0.717) is 0 Å². The van der Waals surface area contributed by atoms with E-state index in [1.54, 1.807) is 0 Å². The SMILES string of the molecule is O=S(=O)(Nc1ccc(Cl)nc1)c1cnc(Cl)c(Cl)c1. The Labute approximate surface area is 124 Å². The van der Waals surface area contributed by atoms with E-state index in [1.807, 2.05) is 0 Å². The molecule has 2 rings (SSSR count). The Bertz CT molecular complexity index is 704. The van der Waals surface area contributed by atoms with Crippen molar-refractivity contribution in [3.63, 3.8) is 0 Å². The second-order valence-electron chi connectivity index (χ2n) is 3.42. The van der Waals surface area contributed by atoms with Gasteiger partial charge in [-0.15, -0.1) is 0 Å². The second kappa shape index (κ2) is 5.50. The van der Waals surface area contributed by atoms with Crippen molar-refractivity contribution in [2.24, 2.45) is 0 Å². The van der Waals surface area contributed by atoms with Crippen LogP contribution in [0.25, 0.3) is 0 Å². The van der Waals surface area contributed by atoms with Crippen LogP contribution < -0.4 is 4.72 Å². The summed E-state index contributed by atoms with van der Waals surface area (Å²) in [7, 11) is -3.80. The molecule has 0 amide bonds. The largest absolute Gasteiger partial charge is 0.278 e. The van der Waals surface area contributed by atoms with Crippen LogP contribution in [0.15, 0.2) is 35.5 Å². The number of hydrogen-bond donors (Lipinski definition) is 1. The van der Waals surface area contributed by atoms with E-state index in [-0.39, 0.29) is 25.9 Å². The van der Waals surface area contributed by atoms with Crippen molar-refractivity contribution in [1.82, 2.24) is 9.97 Å². The van der Waals surface area contributed by atoms with Crippen LogP contribution in [-0.2, 0) is 10.0 Å². The summed E-state index contributed by atoms with van der Waals surface area (Å²) in [4.78, 5) is 7.34. The van der Waals surface area contributed by atoms with Crippen LogP contribution >= 0.6 is 34.8 Å². The van der Waals surface area contributed by atoms with Crippen molar-refractivity contribution in [2.75, 3.05) is 4.72 Å². The van der Waals surface area contributed by atoms with Gasteiger partial charge in [0.15, 0.2) is 0 Å². The highest BCUT2D eigenvalue weighted by Crippen LogP contribution is 2.23. The van der Waals surface area contributed by atoms with Gasteiger partial charge in [0.25, 0.3) is 10.0 Å². The van der Waals surface area contributed by atoms with Gasteiger partial charge in [-0.25, -0.2) is 18.4 Å². The minimum Gasteiger partial charge on any atom is -0.278 e. The fraction of sp³-hybridized carbons (Fsp3) is 0. The van der Waals surface area contributed by atoms with Crippen molar-refractivity contribution < 1.29 is 8.42 Å². The lowest BCUT2D eigenvalue weighted by Gasteiger charge is -2.08. The molecule has 0 saturated heterocycles. The normalized spacial score (nSPS) is 11.3. The molecule has 2 aromatic heterocycles. The number of anilines is 1. The van der Waals surface area contributed by atoms with Gasteiger partial charge in [-0.2, -0.15) is 0 Å². The summed E-state index contributed by atoms with van der Waals surface area (Å²) in [6.07, 6.45) is 2.41. The third-order valence-corrected chi connectivity index (χ3v) is 4.32. The zero-order valence-electron chi connectivity index (χ0n) is 9.14. The van der Waals surface area contributed by atoms with Gasteiger partial charge in [-0.1, -0.05) is 34.8 Å². The minimum atomic E-state index is -3.80. The molecule has 9 heteroatoms. The maximum atomic E-state index is 12.0. The molecular weight excluding hydrogens is 333 g/mol. The summed E-state index contributed by atoms with van der Waals surface area (Å²) in [6.45, 7) is 0. The molecule has 0 unspecified atom stereocenters. The molecule has 5 nitrogen and oxygen atoms in total. The summed E-state index contributed by atoms with van der Waals surface area (Å²) in [6, 6.07) is 4.16. The molecular formula is C10H6Cl3N3O2S. The molecule has 0 fully saturated rings. The fourth-order valence-electron chi connectivity index (χ4n) is 1.20. The summed E-state index contributed by atoms with van der Waals surface area (Å²) < 4.78 is 26.4. The molecule has 100 valence electrons. The standard InChI is InChI=1S/C10H6Cl3N3O2S/c11-8-3-7(5-15-10(8)13)19(17,18)16-6-1-2-9(12)14-4-6/h1-5,16H. The maximum Gasteiger partial charge on any atom is 0.263 e. The highest BCUT2D eigenvalue weighted by molar-refractivity contribution is 7.92. The number of sulfonamides is 1. The van der Waals surface area contributed by atoms with Gasteiger partial charge < -0.3 is 0 Å². The lowest BCUT2D eigenvalue weighted by atomic mass is 10.4. The molecule has 19 heavy (non-hydrogen) atoms. The first kappa shape index (κ1) is 14.3. The van der Waals surface area contributed by atoms with Crippen LogP contribution in [0.3, 0.4) is 0 Å². The van der Waals surface area contributed by atoms with Crippen LogP contribution in [0.5, 0.6) is 0 Å². The van der Waals surface area contributed by atoms with Gasteiger partial charge >= 0.3 is 0 Å². The lowest BCUT2D eigenvalue weighted by Crippen LogP contribution is -2.13. The number of nitrogens with zero attached hydrogens (tertiary/aromatic N) is 2. The van der Waals surface area contributed by atoms with Gasteiger partial charge in [0.1, 0.15) is 15.2 Å². The molecule has 0 aliphatic carbocycles. The summed E-state index contributed by atoms with van der Waals surface area (Å²) >= 11 is 17.0. The first-order valence-corrected chi connectivity index (χ1v) is 7.45. The molecule has 0 aromatic carbocycles. The lowest BCUT2D eigenvalue weighted by molar-refractivity contribution is 0.601. The average Bonchev–Trinajstić information content (AvgIpc) is 2.35. The Kier molecular flexibility index (Phi) is 4.15. The Hall–Kier alpha value is -1.08. The number of hydrogen-bond acceptors (Lipinski definition) is 4. The molecule has 0 spiro atoms. The quantitative estimate of drug-likeness (QED) is 0.872. The molecule has 1 N–H and O–H groups in total. The van der Waals surface area contributed by atoms with Crippen LogP contribution in [0.2, 0.25) is 15.3 Å². The van der Waals surface area contributed by atoms with Gasteiger partial charge in [0, 0.05) is 6.20 Å². The van der Waals surface area contributed by atoms with Crippen molar-refractivity contribution in [3.05, 3.63) is 45.9 Å². The Morgan fingerprint density at radius 1 is 1.05 bits per heavy atom. The maximum absolute atomic E-state index is 12.0. The molecule has 0 aliphatic rings. The molecule has 0 radical (unpaired) electrons. The van der Waals surface area contributed by atoms with Gasteiger partial charge in [0.05, 0.1) is 16.9 Å². The minimum absolute atomic E-state index is 0.0359. The zero-order chi connectivity index (χ0) is 14.0. The highest BCUT2D eigenvalue weighted by Gasteiger charge is 2.16. The summed E-state index contributed by atoms with van der Waals surface area (Å²) in [5.74, 6) is 0. The fourth-order valence-corrected chi connectivity index (χ4v) is 2.66. The average molecular weight is 339 g/mol. The third kappa shape index (κ3) is 3.48. The number of pyridine rings is 2. The predicted octanol–water partition coefficient (Wildman–Crippen LogP) is 3.24. The van der Waals surface area contributed by atoms with Gasteiger partial charge in [-0.3, -0.25) is 4.72 Å². The van der Waals surface area contributed by atoms with E-state index in [4.69, 9.17) is 34.8 Å². The zero-order valence-corrected chi connectivity index (χ0v) is 12.2. The molecule has 2 heterocycles. The third-order valence-electron chi connectivity index (χ3n) is 2.06. The summed E-state index contributed by atoms with van der Waals surface area (Å²) in [5.41, 5.74) is 0.274. The topological polar surface area (TPSA) is 72.0 Å². The Balaban J connectivity index is 2.32. The molecule has 0 aliphatic heterocycles. The number of nitrogens with one attached hydrogen (secondary N) is 1. The number of rotatable bonds is 3. The highest BCUT2D eigenvalue weighted by atomic mass is 35.5. The molecule has 0 atom stereocenters. The molecule has 0 saturated carbocycles. The molecule has 2 aromatic rings. The Morgan fingerprint density at radius 2 is 1.79 bits per heavy atom. The number of aromatic nitrogens is 2. The first-order valence-electron chi connectivity index (χ1n) is 4.84.